The first kappa shape index (κ1) is 22.4. The van der Waals surface area contributed by atoms with Crippen LogP contribution in [0.5, 0.6) is 11.5 Å². The molecule has 0 bridgehead atoms. The van der Waals surface area contributed by atoms with Crippen LogP contribution in [0, 0.1) is 0 Å². The fraction of sp³-hybridized carbons (Fsp3) is 0.227. The van der Waals surface area contributed by atoms with E-state index in [2.05, 4.69) is 21.4 Å². The molecule has 2 aromatic rings. The second-order valence-electron chi connectivity index (χ2n) is 6.51. The van der Waals surface area contributed by atoms with Crippen LogP contribution in [-0.2, 0) is 19.1 Å². The number of benzene rings is 2. The third-order valence-corrected chi connectivity index (χ3v) is 5.10. The number of halogens is 1. The Hall–Kier alpha value is -3.33. The van der Waals surface area contributed by atoms with Crippen molar-refractivity contribution in [3.8, 4) is 11.5 Å². The molecule has 0 aliphatic carbocycles. The van der Waals surface area contributed by atoms with Crippen molar-refractivity contribution < 1.29 is 28.6 Å². The zero-order valence-corrected chi connectivity index (χ0v) is 18.8. The topological polar surface area (TPSA) is 94.2 Å². The number of amides is 2. The maximum Gasteiger partial charge on any atom is 0.347 e. The van der Waals surface area contributed by atoms with Crippen molar-refractivity contribution in [3.63, 3.8) is 0 Å². The van der Waals surface area contributed by atoms with Crippen LogP contribution in [0.25, 0.3) is 6.08 Å². The molecule has 0 aromatic heterocycles. The van der Waals surface area contributed by atoms with Gasteiger partial charge in [0.1, 0.15) is 5.57 Å². The van der Waals surface area contributed by atoms with Crippen LogP contribution in [-0.4, -0.2) is 37.6 Å². The molecule has 2 aromatic carbocycles. The van der Waals surface area contributed by atoms with E-state index in [4.69, 9.17) is 14.2 Å². The largest absolute Gasteiger partial charge is 0.493 e. The molecule has 1 heterocycles. The standard InChI is InChI=1S/C22H21BrN2O6/c1-4-30-22(28)13(2)31-19-12-17(23)14(11-18(19)29-3)10-16-20(26)24-25(21(16)27)15-8-6-5-7-9-15/h5-13H,4H2,1-3H3,(H,24,26)/b16-10-/t13-/m0/s1. The number of methoxy groups -OCH3 is 1. The predicted octanol–water partition coefficient (Wildman–Crippen LogP) is 3.25. The number of hydrogen-bond acceptors (Lipinski definition) is 6. The Morgan fingerprint density at radius 1 is 1.19 bits per heavy atom. The SMILES string of the molecule is CCOC(=O)[C@H](C)Oc1cc(Br)c(/C=C2/C(=O)NN(c3ccccc3)C2=O)cc1OC. The Morgan fingerprint density at radius 3 is 2.55 bits per heavy atom. The second kappa shape index (κ2) is 9.65. The molecule has 1 atom stereocenters. The molecule has 1 saturated heterocycles. The van der Waals surface area contributed by atoms with E-state index < -0.39 is 23.9 Å². The van der Waals surface area contributed by atoms with Gasteiger partial charge in [0.15, 0.2) is 17.6 Å². The lowest BCUT2D eigenvalue weighted by molar-refractivity contribution is -0.150. The Bertz CT molecular complexity index is 1040. The molecule has 1 fully saturated rings. The molecule has 1 aliphatic heterocycles. The van der Waals surface area contributed by atoms with Gasteiger partial charge in [0.2, 0.25) is 0 Å². The number of ether oxygens (including phenoxy) is 3. The molecular weight excluding hydrogens is 468 g/mol. The third kappa shape index (κ3) is 4.88. The first-order valence-corrected chi connectivity index (χ1v) is 10.3. The summed E-state index contributed by atoms with van der Waals surface area (Å²) in [6, 6.07) is 12.0. The number of nitrogens with one attached hydrogen (secondary N) is 1. The molecule has 9 heteroatoms. The number of nitrogens with zero attached hydrogens (tertiary/aromatic N) is 1. The summed E-state index contributed by atoms with van der Waals surface area (Å²) in [4.78, 5) is 37.1. The van der Waals surface area contributed by atoms with Gasteiger partial charge in [-0.15, -0.1) is 0 Å². The predicted molar refractivity (Wildman–Crippen MR) is 117 cm³/mol. The lowest BCUT2D eigenvalue weighted by Crippen LogP contribution is -2.35. The summed E-state index contributed by atoms with van der Waals surface area (Å²) in [6.45, 7) is 3.53. The summed E-state index contributed by atoms with van der Waals surface area (Å²) in [6.07, 6.45) is 0.623. The first-order chi connectivity index (χ1) is 14.8. The molecule has 0 unspecified atom stereocenters. The number of hydrogen-bond donors (Lipinski definition) is 1. The number of carbonyl (C=O) groups is 3. The van der Waals surface area contributed by atoms with E-state index >= 15 is 0 Å². The summed E-state index contributed by atoms with van der Waals surface area (Å²) < 4.78 is 16.5. The van der Waals surface area contributed by atoms with Crippen molar-refractivity contribution in [3.05, 3.63) is 58.1 Å². The second-order valence-corrected chi connectivity index (χ2v) is 7.37. The molecule has 0 radical (unpaired) electrons. The third-order valence-electron chi connectivity index (χ3n) is 4.41. The van der Waals surface area contributed by atoms with E-state index in [1.165, 1.54) is 18.2 Å². The molecular formula is C22H21BrN2O6. The van der Waals surface area contributed by atoms with Crippen molar-refractivity contribution in [1.82, 2.24) is 5.43 Å². The number of carbonyl (C=O) groups excluding carboxylic acids is 3. The lowest BCUT2D eigenvalue weighted by atomic mass is 10.1. The zero-order chi connectivity index (χ0) is 22.5. The minimum Gasteiger partial charge on any atom is -0.493 e. The molecule has 0 spiro atoms. The van der Waals surface area contributed by atoms with Gasteiger partial charge < -0.3 is 14.2 Å². The Labute approximate surface area is 187 Å². The van der Waals surface area contributed by atoms with Crippen molar-refractivity contribution in [2.24, 2.45) is 0 Å². The molecule has 31 heavy (non-hydrogen) atoms. The van der Waals surface area contributed by atoms with E-state index in [-0.39, 0.29) is 12.2 Å². The number of anilines is 1. The highest BCUT2D eigenvalue weighted by atomic mass is 79.9. The Kier molecular flexibility index (Phi) is 6.96. The fourth-order valence-electron chi connectivity index (χ4n) is 2.88. The van der Waals surface area contributed by atoms with Gasteiger partial charge in [0.25, 0.3) is 11.8 Å². The van der Waals surface area contributed by atoms with E-state index in [0.29, 0.717) is 27.2 Å². The molecule has 162 valence electrons. The maximum atomic E-state index is 12.8. The average molecular weight is 489 g/mol. The monoisotopic (exact) mass is 488 g/mol. The number of hydrazine groups is 1. The van der Waals surface area contributed by atoms with Crippen molar-refractivity contribution in [2.45, 2.75) is 20.0 Å². The van der Waals surface area contributed by atoms with Crippen LogP contribution < -0.4 is 19.9 Å². The molecule has 1 aliphatic rings. The van der Waals surface area contributed by atoms with Crippen LogP contribution >= 0.6 is 15.9 Å². The first-order valence-electron chi connectivity index (χ1n) is 9.48. The summed E-state index contributed by atoms with van der Waals surface area (Å²) in [5.74, 6) is -0.849. The highest BCUT2D eigenvalue weighted by molar-refractivity contribution is 9.10. The molecule has 3 rings (SSSR count). The summed E-state index contributed by atoms with van der Waals surface area (Å²) >= 11 is 3.42. The van der Waals surface area contributed by atoms with Crippen LogP contribution in [0.1, 0.15) is 19.4 Å². The van der Waals surface area contributed by atoms with Crippen molar-refractivity contribution in [2.75, 3.05) is 18.7 Å². The molecule has 0 saturated carbocycles. The van der Waals surface area contributed by atoms with Crippen LogP contribution in [0.3, 0.4) is 0 Å². The van der Waals surface area contributed by atoms with Gasteiger partial charge in [-0.05, 0) is 49.8 Å². The highest BCUT2D eigenvalue weighted by Crippen LogP contribution is 2.36. The molecule has 1 N–H and O–H groups in total. The number of para-hydroxylation sites is 1. The minimum absolute atomic E-state index is 0.0276. The van der Waals surface area contributed by atoms with E-state index in [1.807, 2.05) is 6.07 Å². The highest BCUT2D eigenvalue weighted by Gasteiger charge is 2.34. The Balaban J connectivity index is 1.89. The number of esters is 1. The van der Waals surface area contributed by atoms with Gasteiger partial charge in [0, 0.05) is 4.47 Å². The van der Waals surface area contributed by atoms with Gasteiger partial charge in [-0.3, -0.25) is 15.0 Å². The van der Waals surface area contributed by atoms with Gasteiger partial charge in [0.05, 0.1) is 19.4 Å². The van der Waals surface area contributed by atoms with Crippen LogP contribution in [0.15, 0.2) is 52.5 Å². The van der Waals surface area contributed by atoms with E-state index in [0.717, 1.165) is 0 Å². The van der Waals surface area contributed by atoms with Gasteiger partial charge >= 0.3 is 5.97 Å². The minimum atomic E-state index is -0.841. The summed E-state index contributed by atoms with van der Waals surface area (Å²) in [5.41, 5.74) is 3.61. The quantitative estimate of drug-likeness (QED) is 0.365. The van der Waals surface area contributed by atoms with Crippen LogP contribution in [0.4, 0.5) is 5.69 Å². The van der Waals surface area contributed by atoms with Gasteiger partial charge in [-0.1, -0.05) is 34.1 Å². The van der Waals surface area contributed by atoms with E-state index in [9.17, 15) is 14.4 Å². The van der Waals surface area contributed by atoms with Crippen LogP contribution in [0.2, 0.25) is 0 Å². The molecule has 2 amide bonds. The Morgan fingerprint density at radius 2 is 1.90 bits per heavy atom. The molecule has 8 nitrogen and oxygen atoms in total. The summed E-state index contributed by atoms with van der Waals surface area (Å²) in [7, 11) is 1.45. The average Bonchev–Trinajstić information content (AvgIpc) is 3.04. The van der Waals surface area contributed by atoms with Crippen molar-refractivity contribution in [1.29, 1.82) is 0 Å². The van der Waals surface area contributed by atoms with E-state index in [1.54, 1.807) is 50.2 Å². The zero-order valence-electron chi connectivity index (χ0n) is 17.2. The normalized spacial score (nSPS) is 15.6. The number of rotatable bonds is 7. The van der Waals surface area contributed by atoms with Crippen molar-refractivity contribution >= 4 is 45.5 Å². The smallest absolute Gasteiger partial charge is 0.347 e. The lowest BCUT2D eigenvalue weighted by Gasteiger charge is -2.17. The fourth-order valence-corrected chi connectivity index (χ4v) is 3.32. The maximum absolute atomic E-state index is 12.8. The van der Waals surface area contributed by atoms with Gasteiger partial charge in [-0.2, -0.15) is 0 Å². The van der Waals surface area contributed by atoms with Gasteiger partial charge in [-0.25, -0.2) is 9.80 Å². The summed E-state index contributed by atoms with van der Waals surface area (Å²) in [5, 5.41) is 1.19.